The Morgan fingerprint density at radius 2 is 1.92 bits per heavy atom. The Morgan fingerprint density at radius 3 is 2.56 bits per heavy atom. The monoisotopic (exact) mass is 348 g/mol. The van der Waals surface area contributed by atoms with Crippen molar-refractivity contribution in [3.8, 4) is 11.5 Å². The standard InChI is InChI=1S/C19H18F2O4/c1-24-19(23)18-14(6-3-13-4-7-15(21)8-5-13)11-16(12-17(18)22)25-10-2-9-20/h3-8,11-12,22H,2,9-10H2,1H3/b6-3+. The van der Waals surface area contributed by atoms with Crippen LogP contribution in [0.25, 0.3) is 12.2 Å². The summed E-state index contributed by atoms with van der Waals surface area (Å²) < 4.78 is 35.2. The summed E-state index contributed by atoms with van der Waals surface area (Å²) in [6.45, 7) is -0.363. The first-order valence-electron chi connectivity index (χ1n) is 7.63. The van der Waals surface area contributed by atoms with Gasteiger partial charge in [-0.1, -0.05) is 24.3 Å². The third-order valence-electron chi connectivity index (χ3n) is 3.38. The second kappa shape index (κ2) is 8.82. The number of esters is 1. The van der Waals surface area contributed by atoms with Gasteiger partial charge in [-0.25, -0.2) is 9.18 Å². The lowest BCUT2D eigenvalue weighted by Gasteiger charge is -2.11. The highest BCUT2D eigenvalue weighted by Gasteiger charge is 2.17. The van der Waals surface area contributed by atoms with Crippen LogP contribution in [0.2, 0.25) is 0 Å². The normalized spacial score (nSPS) is 10.8. The number of carbonyl (C=O) groups excluding carboxylic acids is 1. The van der Waals surface area contributed by atoms with Crippen LogP contribution in [0.15, 0.2) is 36.4 Å². The minimum atomic E-state index is -0.702. The van der Waals surface area contributed by atoms with Crippen molar-refractivity contribution in [3.05, 3.63) is 58.9 Å². The molecule has 2 aromatic rings. The van der Waals surface area contributed by atoms with Crippen LogP contribution in [-0.4, -0.2) is 31.5 Å². The molecule has 0 aliphatic rings. The third kappa shape index (κ3) is 5.04. The number of ether oxygens (including phenoxy) is 2. The first kappa shape index (κ1) is 18.4. The van der Waals surface area contributed by atoms with Crippen molar-refractivity contribution in [1.29, 1.82) is 0 Å². The van der Waals surface area contributed by atoms with E-state index >= 15 is 0 Å². The molecule has 2 rings (SSSR count). The maximum Gasteiger partial charge on any atom is 0.342 e. The van der Waals surface area contributed by atoms with E-state index in [2.05, 4.69) is 0 Å². The van der Waals surface area contributed by atoms with E-state index in [0.29, 0.717) is 16.9 Å². The smallest absolute Gasteiger partial charge is 0.342 e. The number of benzene rings is 2. The molecule has 4 nitrogen and oxygen atoms in total. The summed E-state index contributed by atoms with van der Waals surface area (Å²) in [7, 11) is 1.21. The number of phenolic OH excluding ortho intramolecular Hbond substituents is 1. The summed E-state index contributed by atoms with van der Waals surface area (Å²) in [5.74, 6) is -1.06. The molecule has 0 radical (unpaired) electrons. The number of hydrogen-bond donors (Lipinski definition) is 1. The molecule has 0 aromatic heterocycles. The average Bonchev–Trinajstić information content (AvgIpc) is 2.60. The van der Waals surface area contributed by atoms with Gasteiger partial charge in [-0.3, -0.25) is 4.39 Å². The van der Waals surface area contributed by atoms with E-state index in [-0.39, 0.29) is 30.2 Å². The molecule has 0 aliphatic carbocycles. The van der Waals surface area contributed by atoms with Crippen LogP contribution in [0.3, 0.4) is 0 Å². The van der Waals surface area contributed by atoms with E-state index in [4.69, 9.17) is 9.47 Å². The Labute approximate surface area is 144 Å². The average molecular weight is 348 g/mol. The van der Waals surface area contributed by atoms with E-state index in [1.807, 2.05) is 0 Å². The molecule has 0 unspecified atom stereocenters. The maximum atomic E-state index is 13.0. The molecule has 0 amide bonds. The van der Waals surface area contributed by atoms with Gasteiger partial charge >= 0.3 is 5.97 Å². The van der Waals surface area contributed by atoms with Crippen LogP contribution in [0.1, 0.15) is 27.9 Å². The van der Waals surface area contributed by atoms with Crippen LogP contribution in [-0.2, 0) is 4.74 Å². The zero-order valence-electron chi connectivity index (χ0n) is 13.7. The highest BCUT2D eigenvalue weighted by Crippen LogP contribution is 2.30. The van der Waals surface area contributed by atoms with Crippen LogP contribution >= 0.6 is 0 Å². The first-order chi connectivity index (χ1) is 12.0. The van der Waals surface area contributed by atoms with Gasteiger partial charge < -0.3 is 14.6 Å². The minimum absolute atomic E-state index is 0.0151. The highest BCUT2D eigenvalue weighted by molar-refractivity contribution is 5.98. The van der Waals surface area contributed by atoms with Gasteiger partial charge in [0.1, 0.15) is 22.9 Å². The molecule has 25 heavy (non-hydrogen) atoms. The fourth-order valence-electron chi connectivity index (χ4n) is 2.17. The van der Waals surface area contributed by atoms with Gasteiger partial charge in [-0.05, 0) is 29.3 Å². The summed E-state index contributed by atoms with van der Waals surface area (Å²) in [6.07, 6.45) is 3.47. The van der Waals surface area contributed by atoms with E-state index in [1.54, 1.807) is 30.4 Å². The lowest BCUT2D eigenvalue weighted by Crippen LogP contribution is -2.05. The summed E-state index contributed by atoms with van der Waals surface area (Å²) in [5, 5.41) is 10.1. The van der Waals surface area contributed by atoms with Crippen molar-refractivity contribution in [1.82, 2.24) is 0 Å². The first-order valence-corrected chi connectivity index (χ1v) is 7.63. The lowest BCUT2D eigenvalue weighted by molar-refractivity contribution is 0.0597. The van der Waals surface area contributed by atoms with E-state index in [9.17, 15) is 18.7 Å². The van der Waals surface area contributed by atoms with Gasteiger partial charge in [-0.2, -0.15) is 0 Å². The largest absolute Gasteiger partial charge is 0.507 e. The fourth-order valence-corrected chi connectivity index (χ4v) is 2.17. The Hall–Kier alpha value is -2.89. The van der Waals surface area contributed by atoms with Crippen LogP contribution < -0.4 is 4.74 Å². The third-order valence-corrected chi connectivity index (χ3v) is 3.38. The molecular formula is C19H18F2O4. The van der Waals surface area contributed by atoms with Crippen molar-refractivity contribution in [2.75, 3.05) is 20.4 Å². The predicted octanol–water partition coefficient (Wildman–Crippen LogP) is 4.23. The molecule has 0 fully saturated rings. The van der Waals surface area contributed by atoms with Crippen LogP contribution in [0.5, 0.6) is 11.5 Å². The Morgan fingerprint density at radius 1 is 1.20 bits per heavy atom. The molecule has 0 atom stereocenters. The van der Waals surface area contributed by atoms with Crippen LogP contribution in [0.4, 0.5) is 8.78 Å². The quantitative estimate of drug-likeness (QED) is 0.462. The van der Waals surface area contributed by atoms with Crippen molar-refractivity contribution in [3.63, 3.8) is 0 Å². The summed E-state index contributed by atoms with van der Waals surface area (Å²) in [5.41, 5.74) is 1.06. The van der Waals surface area contributed by atoms with Crippen molar-refractivity contribution in [2.24, 2.45) is 0 Å². The van der Waals surface area contributed by atoms with Gasteiger partial charge in [0, 0.05) is 12.5 Å². The molecule has 0 heterocycles. The zero-order valence-corrected chi connectivity index (χ0v) is 13.7. The molecule has 0 bridgehead atoms. The lowest BCUT2D eigenvalue weighted by atomic mass is 10.0. The molecule has 0 saturated carbocycles. The Balaban J connectivity index is 2.36. The Bertz CT molecular complexity index is 755. The molecule has 132 valence electrons. The van der Waals surface area contributed by atoms with Crippen molar-refractivity contribution in [2.45, 2.75) is 6.42 Å². The molecule has 0 spiro atoms. The van der Waals surface area contributed by atoms with E-state index in [1.165, 1.54) is 25.3 Å². The molecule has 0 aliphatic heterocycles. The predicted molar refractivity (Wildman–Crippen MR) is 90.9 cm³/mol. The molecule has 0 saturated heterocycles. The molecule has 2 aromatic carbocycles. The number of halogens is 2. The fraction of sp³-hybridized carbons (Fsp3) is 0.211. The second-order valence-electron chi connectivity index (χ2n) is 5.17. The molecular weight excluding hydrogens is 330 g/mol. The number of alkyl halides is 1. The molecule has 1 N–H and O–H groups in total. The Kier molecular flexibility index (Phi) is 6.51. The summed E-state index contributed by atoms with van der Waals surface area (Å²) >= 11 is 0. The van der Waals surface area contributed by atoms with Gasteiger partial charge in [0.25, 0.3) is 0 Å². The number of phenols is 1. The van der Waals surface area contributed by atoms with Gasteiger partial charge in [0.05, 0.1) is 20.4 Å². The van der Waals surface area contributed by atoms with Gasteiger partial charge in [0.2, 0.25) is 0 Å². The topological polar surface area (TPSA) is 55.8 Å². The number of methoxy groups -OCH3 is 1. The minimum Gasteiger partial charge on any atom is -0.507 e. The van der Waals surface area contributed by atoms with Crippen molar-refractivity contribution >= 4 is 18.1 Å². The van der Waals surface area contributed by atoms with Crippen LogP contribution in [0, 0.1) is 5.82 Å². The van der Waals surface area contributed by atoms with E-state index < -0.39 is 12.6 Å². The number of carbonyl (C=O) groups is 1. The summed E-state index contributed by atoms with van der Waals surface area (Å²) in [4.78, 5) is 11.9. The number of aromatic hydroxyl groups is 1. The molecule has 6 heteroatoms. The highest BCUT2D eigenvalue weighted by atomic mass is 19.1. The van der Waals surface area contributed by atoms with Gasteiger partial charge in [0.15, 0.2) is 0 Å². The summed E-state index contributed by atoms with van der Waals surface area (Å²) in [6, 6.07) is 8.60. The van der Waals surface area contributed by atoms with E-state index in [0.717, 1.165) is 0 Å². The maximum absolute atomic E-state index is 13.0. The number of hydrogen-bond acceptors (Lipinski definition) is 4. The second-order valence-corrected chi connectivity index (χ2v) is 5.17. The zero-order chi connectivity index (χ0) is 18.2. The van der Waals surface area contributed by atoms with Crippen molar-refractivity contribution < 1.29 is 28.2 Å². The number of rotatable bonds is 7. The van der Waals surface area contributed by atoms with Gasteiger partial charge in [-0.15, -0.1) is 0 Å². The SMILES string of the molecule is COC(=O)c1c(O)cc(OCCCF)cc1/C=C/c1ccc(F)cc1.